The molecule has 2 aliphatic rings. The number of hydrogen-bond donors (Lipinski definition) is 1. The number of aryl methyl sites for hydroxylation is 1. The summed E-state index contributed by atoms with van der Waals surface area (Å²) in [6.07, 6.45) is 4.01. The minimum atomic E-state index is 0.180. The first-order valence-electron chi connectivity index (χ1n) is 11.2. The Labute approximate surface area is 180 Å². The molecule has 1 aliphatic carbocycles. The Morgan fingerprint density at radius 1 is 1.20 bits per heavy atom. The second-order valence-electron chi connectivity index (χ2n) is 9.41. The Morgan fingerprint density at radius 3 is 2.67 bits per heavy atom. The van der Waals surface area contributed by atoms with Gasteiger partial charge in [0.1, 0.15) is 11.5 Å². The van der Waals surface area contributed by atoms with Crippen LogP contribution < -0.4 is 5.32 Å². The molecule has 2 aromatic rings. The quantitative estimate of drug-likeness (QED) is 0.758. The Bertz CT molecular complexity index is 865. The summed E-state index contributed by atoms with van der Waals surface area (Å²) >= 11 is 0. The van der Waals surface area contributed by atoms with Crippen molar-refractivity contribution >= 4 is 5.91 Å². The van der Waals surface area contributed by atoms with E-state index in [1.165, 1.54) is 11.1 Å². The van der Waals surface area contributed by atoms with Crippen LogP contribution in [0.2, 0.25) is 0 Å². The van der Waals surface area contributed by atoms with Crippen LogP contribution in [0.15, 0.2) is 40.8 Å². The van der Waals surface area contributed by atoms with Gasteiger partial charge in [0.2, 0.25) is 5.91 Å². The minimum Gasteiger partial charge on any atom is -0.465 e. The number of likely N-dealkylation sites (tertiary alicyclic amines) is 1. The van der Waals surface area contributed by atoms with Crippen molar-refractivity contribution in [3.63, 3.8) is 0 Å². The molecule has 1 spiro atoms. The van der Waals surface area contributed by atoms with Gasteiger partial charge >= 0.3 is 0 Å². The average molecular weight is 410 g/mol. The smallest absolute Gasteiger partial charge is 0.220 e. The maximum absolute atomic E-state index is 12.6. The monoisotopic (exact) mass is 409 g/mol. The molecule has 0 radical (unpaired) electrons. The molecule has 1 fully saturated rings. The Hall–Kier alpha value is -2.11. The maximum Gasteiger partial charge on any atom is 0.220 e. The third-order valence-corrected chi connectivity index (χ3v) is 6.91. The number of furan rings is 1. The van der Waals surface area contributed by atoms with Crippen LogP contribution in [0, 0.1) is 6.92 Å². The summed E-state index contributed by atoms with van der Waals surface area (Å²) in [5.74, 6) is 2.55. The van der Waals surface area contributed by atoms with E-state index in [1.54, 1.807) is 0 Å². The molecule has 1 aromatic heterocycles. The molecule has 1 amide bonds. The van der Waals surface area contributed by atoms with E-state index in [0.717, 1.165) is 57.0 Å². The van der Waals surface area contributed by atoms with Crippen LogP contribution in [-0.2, 0) is 16.8 Å². The molecule has 0 unspecified atom stereocenters. The van der Waals surface area contributed by atoms with Crippen molar-refractivity contribution in [2.45, 2.75) is 50.5 Å². The van der Waals surface area contributed by atoms with E-state index >= 15 is 0 Å². The van der Waals surface area contributed by atoms with Crippen molar-refractivity contribution in [1.82, 2.24) is 15.1 Å². The van der Waals surface area contributed by atoms with E-state index in [9.17, 15) is 4.79 Å². The first kappa shape index (κ1) is 21.1. The molecule has 5 nitrogen and oxygen atoms in total. The molecular weight excluding hydrogens is 374 g/mol. The molecule has 0 bridgehead atoms. The highest BCUT2D eigenvalue weighted by atomic mass is 16.3. The van der Waals surface area contributed by atoms with Crippen molar-refractivity contribution in [3.8, 4) is 0 Å². The number of carbonyl (C=O) groups excluding carboxylic acids is 1. The van der Waals surface area contributed by atoms with Gasteiger partial charge in [0, 0.05) is 19.5 Å². The van der Waals surface area contributed by atoms with E-state index in [4.69, 9.17) is 4.42 Å². The SMILES string of the molecule is Cc1ccc(CN2CCC3(CC2)C[C@@H](CC(=O)NCCN(C)C)c2ccccc23)o1. The van der Waals surface area contributed by atoms with E-state index in [2.05, 4.69) is 45.4 Å². The molecule has 30 heavy (non-hydrogen) atoms. The fraction of sp³-hybridized carbons (Fsp3) is 0.560. The topological polar surface area (TPSA) is 48.7 Å². The first-order chi connectivity index (χ1) is 14.4. The number of rotatable bonds is 7. The predicted molar refractivity (Wildman–Crippen MR) is 120 cm³/mol. The number of piperidine rings is 1. The van der Waals surface area contributed by atoms with Gasteiger partial charge in [0.05, 0.1) is 6.54 Å². The summed E-state index contributed by atoms with van der Waals surface area (Å²) in [5, 5.41) is 3.10. The zero-order valence-electron chi connectivity index (χ0n) is 18.6. The highest BCUT2D eigenvalue weighted by Crippen LogP contribution is 2.52. The fourth-order valence-electron chi connectivity index (χ4n) is 5.33. The van der Waals surface area contributed by atoms with Gasteiger partial charge in [-0.2, -0.15) is 0 Å². The van der Waals surface area contributed by atoms with Gasteiger partial charge in [-0.25, -0.2) is 0 Å². The average Bonchev–Trinajstić information content (AvgIpc) is 3.25. The summed E-state index contributed by atoms with van der Waals surface area (Å²) in [4.78, 5) is 17.2. The summed E-state index contributed by atoms with van der Waals surface area (Å²) in [6.45, 7) is 6.64. The van der Waals surface area contributed by atoms with Gasteiger partial charge in [-0.05, 0) is 88.0 Å². The third-order valence-electron chi connectivity index (χ3n) is 6.91. The van der Waals surface area contributed by atoms with Crippen molar-refractivity contribution in [2.24, 2.45) is 0 Å². The highest BCUT2D eigenvalue weighted by Gasteiger charge is 2.45. The minimum absolute atomic E-state index is 0.180. The summed E-state index contributed by atoms with van der Waals surface area (Å²) in [7, 11) is 4.06. The van der Waals surface area contributed by atoms with Gasteiger partial charge < -0.3 is 14.6 Å². The van der Waals surface area contributed by atoms with Gasteiger partial charge in [0.25, 0.3) is 0 Å². The van der Waals surface area contributed by atoms with E-state index < -0.39 is 0 Å². The van der Waals surface area contributed by atoms with Crippen LogP contribution in [0.25, 0.3) is 0 Å². The van der Waals surface area contributed by atoms with Crippen molar-refractivity contribution in [2.75, 3.05) is 40.3 Å². The number of fused-ring (bicyclic) bond motifs is 2. The summed E-state index contributed by atoms with van der Waals surface area (Å²) in [6, 6.07) is 13.0. The maximum atomic E-state index is 12.6. The number of nitrogens with one attached hydrogen (secondary N) is 1. The third kappa shape index (κ3) is 4.62. The van der Waals surface area contributed by atoms with Crippen LogP contribution in [-0.4, -0.2) is 56.0 Å². The van der Waals surface area contributed by atoms with Crippen LogP contribution in [0.1, 0.15) is 54.2 Å². The second kappa shape index (κ2) is 8.94. The molecular formula is C25H35N3O2. The second-order valence-corrected chi connectivity index (χ2v) is 9.41. The number of likely N-dealkylation sites (N-methyl/N-ethyl adjacent to an activating group) is 1. The van der Waals surface area contributed by atoms with E-state index in [1.807, 2.05) is 27.1 Å². The van der Waals surface area contributed by atoms with Crippen LogP contribution >= 0.6 is 0 Å². The molecule has 1 aromatic carbocycles. The van der Waals surface area contributed by atoms with Crippen LogP contribution in [0.4, 0.5) is 0 Å². The predicted octanol–water partition coefficient (Wildman–Crippen LogP) is 3.68. The molecule has 4 rings (SSSR count). The molecule has 0 saturated carbocycles. The van der Waals surface area contributed by atoms with Crippen molar-refractivity contribution < 1.29 is 9.21 Å². The normalized spacial score (nSPS) is 20.6. The summed E-state index contributed by atoms with van der Waals surface area (Å²) in [5.41, 5.74) is 3.11. The molecule has 1 atom stereocenters. The molecule has 1 aliphatic heterocycles. The number of nitrogens with zero attached hydrogens (tertiary/aromatic N) is 2. The molecule has 2 heterocycles. The van der Waals surface area contributed by atoms with Crippen LogP contribution in [0.3, 0.4) is 0 Å². The van der Waals surface area contributed by atoms with Crippen molar-refractivity contribution in [1.29, 1.82) is 0 Å². The Kier molecular flexibility index (Phi) is 6.30. The lowest BCUT2D eigenvalue weighted by atomic mass is 9.73. The molecule has 1 saturated heterocycles. The molecule has 162 valence electrons. The van der Waals surface area contributed by atoms with Gasteiger partial charge in [-0.1, -0.05) is 24.3 Å². The standard InChI is InChI=1S/C25H35N3O2/c1-19-8-9-21(30-19)18-28-13-10-25(11-14-28)17-20(22-6-4-5-7-23(22)25)16-24(29)26-12-15-27(2)3/h4-9,20H,10-18H2,1-3H3,(H,26,29)/t20-/m1/s1. The largest absolute Gasteiger partial charge is 0.465 e. The lowest BCUT2D eigenvalue weighted by molar-refractivity contribution is -0.121. The highest BCUT2D eigenvalue weighted by molar-refractivity contribution is 5.77. The summed E-state index contributed by atoms with van der Waals surface area (Å²) < 4.78 is 5.78. The lowest BCUT2D eigenvalue weighted by Gasteiger charge is -2.40. The van der Waals surface area contributed by atoms with Gasteiger partial charge in [0.15, 0.2) is 0 Å². The lowest BCUT2D eigenvalue weighted by Crippen LogP contribution is -2.41. The van der Waals surface area contributed by atoms with E-state index in [-0.39, 0.29) is 11.3 Å². The first-order valence-corrected chi connectivity index (χ1v) is 11.2. The molecule has 5 heteroatoms. The molecule has 1 N–H and O–H groups in total. The Balaban J connectivity index is 1.39. The zero-order valence-corrected chi connectivity index (χ0v) is 18.6. The fourth-order valence-corrected chi connectivity index (χ4v) is 5.33. The number of hydrogen-bond acceptors (Lipinski definition) is 4. The van der Waals surface area contributed by atoms with Gasteiger partial charge in [-0.15, -0.1) is 0 Å². The van der Waals surface area contributed by atoms with E-state index in [0.29, 0.717) is 18.9 Å². The Morgan fingerprint density at radius 2 is 1.97 bits per heavy atom. The van der Waals surface area contributed by atoms with Crippen molar-refractivity contribution in [3.05, 3.63) is 59.0 Å². The van der Waals surface area contributed by atoms with Gasteiger partial charge in [-0.3, -0.25) is 9.69 Å². The zero-order chi connectivity index (χ0) is 21.1. The number of amides is 1. The number of benzene rings is 1. The number of carbonyl (C=O) groups is 1. The van der Waals surface area contributed by atoms with Crippen LogP contribution in [0.5, 0.6) is 0 Å².